The molecule has 2 heterocycles. The van der Waals surface area contributed by atoms with Gasteiger partial charge >= 0.3 is 6.18 Å². The zero-order chi connectivity index (χ0) is 22.9. The van der Waals surface area contributed by atoms with Crippen LogP contribution >= 0.6 is 22.9 Å². The van der Waals surface area contributed by atoms with Crippen molar-refractivity contribution >= 4 is 44.2 Å². The Morgan fingerprint density at radius 3 is 2.69 bits per heavy atom. The molecule has 0 aliphatic carbocycles. The summed E-state index contributed by atoms with van der Waals surface area (Å²) in [7, 11) is 0. The zero-order valence-electron chi connectivity index (χ0n) is 17.3. The second-order valence-corrected chi connectivity index (χ2v) is 8.91. The van der Waals surface area contributed by atoms with Crippen LogP contribution in [-0.2, 0) is 10.9 Å². The van der Waals surface area contributed by atoms with E-state index in [4.69, 9.17) is 16.3 Å². The maximum absolute atomic E-state index is 13.4. The topological polar surface area (TPSA) is 45.7 Å². The minimum absolute atomic E-state index is 0.0381. The number of halogens is 4. The molecule has 1 aliphatic rings. The molecule has 4 rings (SSSR count). The molecule has 2 aromatic carbocycles. The highest BCUT2D eigenvalue weighted by Crippen LogP contribution is 2.36. The number of anilines is 1. The lowest BCUT2D eigenvalue weighted by Gasteiger charge is -2.29. The first kappa shape index (κ1) is 23.0. The molecular formula is C22H21ClF3N3O2S. The van der Waals surface area contributed by atoms with Gasteiger partial charge in [-0.3, -0.25) is 14.6 Å². The van der Waals surface area contributed by atoms with E-state index in [9.17, 15) is 18.0 Å². The van der Waals surface area contributed by atoms with Crippen LogP contribution in [0.15, 0.2) is 36.4 Å². The predicted octanol–water partition coefficient (Wildman–Crippen LogP) is 5.26. The van der Waals surface area contributed by atoms with E-state index >= 15 is 0 Å². The van der Waals surface area contributed by atoms with E-state index in [1.807, 2.05) is 13.0 Å². The van der Waals surface area contributed by atoms with Crippen LogP contribution in [0.4, 0.5) is 18.3 Å². The Kier molecular flexibility index (Phi) is 6.71. The molecule has 32 heavy (non-hydrogen) atoms. The monoisotopic (exact) mass is 483 g/mol. The summed E-state index contributed by atoms with van der Waals surface area (Å²) in [6.45, 7) is 5.42. The molecule has 0 unspecified atom stereocenters. The normalized spacial score (nSPS) is 15.3. The molecule has 0 N–H and O–H groups in total. The van der Waals surface area contributed by atoms with Gasteiger partial charge < -0.3 is 4.74 Å². The molecule has 0 saturated carbocycles. The van der Waals surface area contributed by atoms with Crippen molar-refractivity contribution in [3.63, 3.8) is 0 Å². The van der Waals surface area contributed by atoms with Crippen molar-refractivity contribution in [2.45, 2.75) is 13.1 Å². The number of fused-ring (bicyclic) bond motifs is 1. The number of nitrogens with zero attached hydrogens (tertiary/aromatic N) is 3. The van der Waals surface area contributed by atoms with Crippen molar-refractivity contribution in [2.75, 3.05) is 44.3 Å². The fraction of sp³-hybridized carbons (Fsp3) is 0.364. The number of morpholine rings is 1. The third-order valence-corrected chi connectivity index (χ3v) is 6.88. The lowest BCUT2D eigenvalue weighted by atomic mass is 10.1. The van der Waals surface area contributed by atoms with E-state index in [1.165, 1.54) is 28.4 Å². The number of aryl methyl sites for hydroxylation is 1. The van der Waals surface area contributed by atoms with E-state index in [-0.39, 0.29) is 12.1 Å². The van der Waals surface area contributed by atoms with Crippen molar-refractivity contribution in [1.82, 2.24) is 9.88 Å². The largest absolute Gasteiger partial charge is 0.416 e. The van der Waals surface area contributed by atoms with E-state index < -0.39 is 17.6 Å². The van der Waals surface area contributed by atoms with Crippen LogP contribution < -0.4 is 4.90 Å². The molecule has 0 bridgehead atoms. The van der Waals surface area contributed by atoms with Crippen LogP contribution in [0.3, 0.4) is 0 Å². The van der Waals surface area contributed by atoms with Crippen molar-refractivity contribution in [2.24, 2.45) is 0 Å². The van der Waals surface area contributed by atoms with Gasteiger partial charge in [-0.2, -0.15) is 13.2 Å². The zero-order valence-corrected chi connectivity index (χ0v) is 18.9. The van der Waals surface area contributed by atoms with Gasteiger partial charge in [-0.05, 0) is 36.8 Å². The number of hydrogen-bond acceptors (Lipinski definition) is 5. The molecule has 5 nitrogen and oxygen atoms in total. The van der Waals surface area contributed by atoms with Gasteiger partial charge in [0.25, 0.3) is 5.91 Å². The highest BCUT2D eigenvalue weighted by Gasteiger charge is 2.32. The van der Waals surface area contributed by atoms with Crippen LogP contribution in [-0.4, -0.2) is 55.2 Å². The van der Waals surface area contributed by atoms with Crippen LogP contribution in [0.25, 0.3) is 10.2 Å². The molecule has 0 atom stereocenters. The van der Waals surface area contributed by atoms with Gasteiger partial charge in [-0.15, -0.1) is 0 Å². The van der Waals surface area contributed by atoms with Gasteiger partial charge in [-0.25, -0.2) is 4.98 Å². The third-order valence-electron chi connectivity index (χ3n) is 5.34. The highest BCUT2D eigenvalue weighted by atomic mass is 35.5. The first-order valence-corrected chi connectivity index (χ1v) is 11.3. The lowest BCUT2D eigenvalue weighted by Crippen LogP contribution is -2.43. The first-order chi connectivity index (χ1) is 15.2. The highest BCUT2D eigenvalue weighted by molar-refractivity contribution is 7.23. The summed E-state index contributed by atoms with van der Waals surface area (Å²) >= 11 is 7.60. The fourth-order valence-corrected chi connectivity index (χ4v) is 4.88. The summed E-state index contributed by atoms with van der Waals surface area (Å²) < 4.78 is 45.7. The van der Waals surface area contributed by atoms with E-state index in [2.05, 4.69) is 9.88 Å². The summed E-state index contributed by atoms with van der Waals surface area (Å²) in [5, 5.41) is 0.931. The minimum Gasteiger partial charge on any atom is -0.379 e. The number of carbonyl (C=O) groups excluding carboxylic acids is 1. The smallest absolute Gasteiger partial charge is 0.379 e. The number of benzene rings is 2. The summed E-state index contributed by atoms with van der Waals surface area (Å²) in [5.74, 6) is -0.530. The average molecular weight is 484 g/mol. The SMILES string of the molecule is Cc1ccc(Cl)c2sc(N(CCN3CCOCC3)C(=O)c3cccc(C(F)(F)F)c3)nc12. The van der Waals surface area contributed by atoms with E-state index in [0.717, 1.165) is 35.5 Å². The number of rotatable bonds is 5. The Labute approximate surface area is 192 Å². The molecule has 3 aromatic rings. The van der Waals surface area contributed by atoms with Gasteiger partial charge in [0, 0.05) is 31.7 Å². The Bertz CT molecular complexity index is 1090. The first-order valence-electron chi connectivity index (χ1n) is 10.1. The summed E-state index contributed by atoms with van der Waals surface area (Å²) in [5.41, 5.74) is 0.695. The Morgan fingerprint density at radius 1 is 1.25 bits per heavy atom. The number of thiazole rings is 1. The maximum Gasteiger partial charge on any atom is 0.416 e. The molecule has 1 aliphatic heterocycles. The standard InChI is InChI=1S/C22H21ClF3N3O2S/c1-14-5-6-17(23)19-18(14)27-21(32-19)29(8-7-28-9-11-31-12-10-28)20(30)15-3-2-4-16(13-15)22(24,25)26/h2-6,13H,7-12H2,1H3. The van der Waals surface area contributed by atoms with Gasteiger partial charge in [0.15, 0.2) is 5.13 Å². The summed E-state index contributed by atoms with van der Waals surface area (Å²) in [6.07, 6.45) is -4.53. The Balaban J connectivity index is 1.70. The van der Waals surface area contributed by atoms with E-state index in [0.29, 0.717) is 35.4 Å². The number of amides is 1. The molecule has 0 radical (unpaired) electrons. The number of carbonyl (C=O) groups is 1. The maximum atomic E-state index is 13.4. The second kappa shape index (κ2) is 9.35. The molecular weight excluding hydrogens is 463 g/mol. The van der Waals surface area contributed by atoms with Crippen molar-refractivity contribution in [3.8, 4) is 0 Å². The van der Waals surface area contributed by atoms with Crippen molar-refractivity contribution in [1.29, 1.82) is 0 Å². The number of alkyl halides is 3. The van der Waals surface area contributed by atoms with Crippen LogP contribution in [0.5, 0.6) is 0 Å². The molecule has 0 spiro atoms. The summed E-state index contributed by atoms with van der Waals surface area (Å²) in [4.78, 5) is 21.6. The molecule has 1 fully saturated rings. The molecule has 170 valence electrons. The van der Waals surface area contributed by atoms with Crippen molar-refractivity contribution < 1.29 is 22.7 Å². The van der Waals surface area contributed by atoms with Gasteiger partial charge in [-0.1, -0.05) is 35.1 Å². The van der Waals surface area contributed by atoms with Gasteiger partial charge in [0.05, 0.1) is 34.0 Å². The molecule has 1 aromatic heterocycles. The lowest BCUT2D eigenvalue weighted by molar-refractivity contribution is -0.137. The number of aromatic nitrogens is 1. The Hall–Kier alpha value is -2.20. The van der Waals surface area contributed by atoms with E-state index in [1.54, 1.807) is 6.07 Å². The third kappa shape index (κ3) is 4.91. The quantitative estimate of drug-likeness (QED) is 0.497. The van der Waals surface area contributed by atoms with Crippen LogP contribution in [0.1, 0.15) is 21.5 Å². The molecule has 1 saturated heterocycles. The van der Waals surface area contributed by atoms with Crippen molar-refractivity contribution in [3.05, 3.63) is 58.1 Å². The number of ether oxygens (including phenoxy) is 1. The molecule has 10 heteroatoms. The van der Waals surface area contributed by atoms with Crippen LogP contribution in [0, 0.1) is 6.92 Å². The van der Waals surface area contributed by atoms with Gasteiger partial charge in [0.2, 0.25) is 0 Å². The average Bonchev–Trinajstić information content (AvgIpc) is 3.23. The van der Waals surface area contributed by atoms with Crippen LogP contribution in [0.2, 0.25) is 5.02 Å². The second-order valence-electron chi connectivity index (χ2n) is 7.53. The molecule has 1 amide bonds. The minimum atomic E-state index is -4.53. The van der Waals surface area contributed by atoms with Gasteiger partial charge in [0.1, 0.15) is 0 Å². The summed E-state index contributed by atoms with van der Waals surface area (Å²) in [6, 6.07) is 8.10. The predicted molar refractivity (Wildman–Crippen MR) is 120 cm³/mol. The fourth-order valence-electron chi connectivity index (χ4n) is 3.54. The Morgan fingerprint density at radius 2 is 2.00 bits per heavy atom. The number of hydrogen-bond donors (Lipinski definition) is 0.